The van der Waals surface area contributed by atoms with Gasteiger partial charge in [0, 0.05) is 19.8 Å². The standard InChI is InChI=1S/C19H19N3O5S/c1-13-4-9-16(28(25,26)22(2)3)10-17(13)19(24)27-12-18(23)21-15-7-5-14(11-20)6-8-15/h4-10H,12H2,1-3H3,(H,21,23). The minimum absolute atomic E-state index is 0.0444. The van der Waals surface area contributed by atoms with Gasteiger partial charge in [0.15, 0.2) is 6.61 Å². The van der Waals surface area contributed by atoms with Crippen LogP contribution in [0.15, 0.2) is 47.4 Å². The number of rotatable bonds is 6. The Bertz CT molecular complexity index is 1040. The molecule has 0 radical (unpaired) electrons. The Morgan fingerprint density at radius 1 is 1.14 bits per heavy atom. The van der Waals surface area contributed by atoms with Crippen LogP contribution in [0.25, 0.3) is 0 Å². The Kier molecular flexibility index (Phi) is 6.51. The summed E-state index contributed by atoms with van der Waals surface area (Å²) < 4.78 is 30.5. The van der Waals surface area contributed by atoms with Crippen molar-refractivity contribution in [1.29, 1.82) is 5.26 Å². The predicted octanol–water partition coefficient (Wildman–Crippen LogP) is 1.91. The Labute approximate surface area is 163 Å². The molecule has 1 amide bonds. The molecule has 0 bridgehead atoms. The molecule has 0 aliphatic carbocycles. The molecule has 2 rings (SSSR count). The Hall–Kier alpha value is -3.22. The lowest BCUT2D eigenvalue weighted by atomic mass is 10.1. The normalized spacial score (nSPS) is 11.0. The van der Waals surface area contributed by atoms with E-state index in [2.05, 4.69) is 5.32 Å². The van der Waals surface area contributed by atoms with Crippen LogP contribution in [0.5, 0.6) is 0 Å². The van der Waals surface area contributed by atoms with Crippen LogP contribution in [0.4, 0.5) is 5.69 Å². The topological polar surface area (TPSA) is 117 Å². The van der Waals surface area contributed by atoms with Crippen molar-refractivity contribution >= 4 is 27.6 Å². The number of hydrogen-bond donors (Lipinski definition) is 1. The van der Waals surface area contributed by atoms with Gasteiger partial charge in [0.2, 0.25) is 10.0 Å². The SMILES string of the molecule is Cc1ccc(S(=O)(=O)N(C)C)cc1C(=O)OCC(=O)Nc1ccc(C#N)cc1. The second kappa shape index (κ2) is 8.65. The van der Waals surface area contributed by atoms with E-state index in [1.165, 1.54) is 32.3 Å². The third-order valence-electron chi connectivity index (χ3n) is 3.84. The summed E-state index contributed by atoms with van der Waals surface area (Å²) in [6.45, 7) is 1.10. The molecule has 9 heteroatoms. The highest BCUT2D eigenvalue weighted by Crippen LogP contribution is 2.19. The average Bonchev–Trinajstić information content (AvgIpc) is 2.66. The number of aryl methyl sites for hydroxylation is 1. The summed E-state index contributed by atoms with van der Waals surface area (Å²) in [5, 5.41) is 11.3. The van der Waals surface area contributed by atoms with Crippen LogP contribution in [0.1, 0.15) is 21.5 Å². The molecule has 0 saturated carbocycles. The van der Waals surface area contributed by atoms with Gasteiger partial charge < -0.3 is 10.1 Å². The molecular weight excluding hydrogens is 382 g/mol. The number of nitriles is 1. The van der Waals surface area contributed by atoms with Crippen LogP contribution in [0, 0.1) is 18.3 Å². The van der Waals surface area contributed by atoms with Gasteiger partial charge in [-0.25, -0.2) is 17.5 Å². The van der Waals surface area contributed by atoms with E-state index in [9.17, 15) is 18.0 Å². The maximum Gasteiger partial charge on any atom is 0.338 e. The van der Waals surface area contributed by atoms with Gasteiger partial charge in [-0.15, -0.1) is 0 Å². The minimum Gasteiger partial charge on any atom is -0.452 e. The largest absolute Gasteiger partial charge is 0.452 e. The number of sulfonamides is 1. The van der Waals surface area contributed by atoms with Crippen molar-refractivity contribution in [2.75, 3.05) is 26.0 Å². The molecule has 0 fully saturated rings. The Morgan fingerprint density at radius 2 is 1.79 bits per heavy atom. The average molecular weight is 401 g/mol. The van der Waals surface area contributed by atoms with Gasteiger partial charge in [0.1, 0.15) is 0 Å². The van der Waals surface area contributed by atoms with E-state index in [4.69, 9.17) is 10.00 Å². The van der Waals surface area contributed by atoms with Crippen LogP contribution >= 0.6 is 0 Å². The summed E-state index contributed by atoms with van der Waals surface area (Å²) >= 11 is 0. The van der Waals surface area contributed by atoms with E-state index in [-0.39, 0.29) is 10.5 Å². The second-order valence-electron chi connectivity index (χ2n) is 6.08. The molecule has 2 aromatic carbocycles. The number of ether oxygens (including phenoxy) is 1. The molecule has 0 atom stereocenters. The van der Waals surface area contributed by atoms with Crippen molar-refractivity contribution in [1.82, 2.24) is 4.31 Å². The quantitative estimate of drug-likeness (QED) is 0.739. The molecule has 146 valence electrons. The molecule has 0 unspecified atom stereocenters. The number of benzene rings is 2. The monoisotopic (exact) mass is 401 g/mol. The summed E-state index contributed by atoms with van der Waals surface area (Å²) in [6, 6.07) is 12.3. The molecule has 0 aliphatic rings. The fourth-order valence-electron chi connectivity index (χ4n) is 2.23. The first kappa shape index (κ1) is 21.1. The maximum absolute atomic E-state index is 12.3. The van der Waals surface area contributed by atoms with Crippen molar-refractivity contribution in [2.45, 2.75) is 11.8 Å². The van der Waals surface area contributed by atoms with Gasteiger partial charge in [0.05, 0.1) is 22.1 Å². The van der Waals surface area contributed by atoms with Crippen molar-refractivity contribution in [3.8, 4) is 6.07 Å². The van der Waals surface area contributed by atoms with Crippen LogP contribution in [-0.2, 0) is 19.6 Å². The number of nitrogens with one attached hydrogen (secondary N) is 1. The number of esters is 1. The van der Waals surface area contributed by atoms with Crippen LogP contribution < -0.4 is 5.32 Å². The number of carbonyl (C=O) groups is 2. The molecular formula is C19H19N3O5S. The van der Waals surface area contributed by atoms with E-state index in [0.29, 0.717) is 16.8 Å². The molecule has 8 nitrogen and oxygen atoms in total. The molecule has 1 N–H and O–H groups in total. The summed E-state index contributed by atoms with van der Waals surface area (Å²) in [6.07, 6.45) is 0. The van der Waals surface area contributed by atoms with Gasteiger partial charge >= 0.3 is 5.97 Å². The van der Waals surface area contributed by atoms with Crippen LogP contribution in [0.3, 0.4) is 0 Å². The molecule has 0 spiro atoms. The first-order chi connectivity index (χ1) is 13.1. The second-order valence-corrected chi connectivity index (χ2v) is 8.23. The molecule has 0 heterocycles. The highest BCUT2D eigenvalue weighted by Gasteiger charge is 2.21. The molecule has 28 heavy (non-hydrogen) atoms. The zero-order valence-corrected chi connectivity index (χ0v) is 16.4. The lowest BCUT2D eigenvalue weighted by molar-refractivity contribution is -0.119. The minimum atomic E-state index is -3.70. The smallest absolute Gasteiger partial charge is 0.338 e. The molecule has 2 aromatic rings. The van der Waals surface area contributed by atoms with Gasteiger partial charge in [-0.1, -0.05) is 6.07 Å². The third kappa shape index (κ3) is 4.94. The van der Waals surface area contributed by atoms with Gasteiger partial charge in [-0.05, 0) is 48.9 Å². The number of nitrogens with zero attached hydrogens (tertiary/aromatic N) is 2. The van der Waals surface area contributed by atoms with E-state index in [0.717, 1.165) is 4.31 Å². The summed E-state index contributed by atoms with van der Waals surface area (Å²) in [7, 11) is -0.925. The molecule has 0 aromatic heterocycles. The van der Waals surface area contributed by atoms with E-state index >= 15 is 0 Å². The fraction of sp³-hybridized carbons (Fsp3) is 0.211. The van der Waals surface area contributed by atoms with Crippen LogP contribution in [0.2, 0.25) is 0 Å². The number of carbonyl (C=O) groups excluding carboxylic acids is 2. The van der Waals surface area contributed by atoms with Gasteiger partial charge in [0.25, 0.3) is 5.91 Å². The lowest BCUT2D eigenvalue weighted by Gasteiger charge is -2.13. The van der Waals surface area contributed by atoms with Crippen molar-refractivity contribution in [3.05, 3.63) is 59.2 Å². The van der Waals surface area contributed by atoms with Gasteiger partial charge in [-0.2, -0.15) is 5.26 Å². The van der Waals surface area contributed by atoms with Gasteiger partial charge in [-0.3, -0.25) is 4.79 Å². The number of amides is 1. The zero-order valence-electron chi connectivity index (χ0n) is 15.6. The van der Waals surface area contributed by atoms with Crippen LogP contribution in [-0.4, -0.2) is 45.3 Å². The highest BCUT2D eigenvalue weighted by atomic mass is 32.2. The molecule has 0 saturated heterocycles. The number of anilines is 1. The van der Waals surface area contributed by atoms with Crippen molar-refractivity contribution < 1.29 is 22.7 Å². The zero-order chi connectivity index (χ0) is 20.9. The summed E-state index contributed by atoms with van der Waals surface area (Å²) in [4.78, 5) is 24.2. The van der Waals surface area contributed by atoms with E-state index in [1.807, 2.05) is 6.07 Å². The third-order valence-corrected chi connectivity index (χ3v) is 5.65. The van der Waals surface area contributed by atoms with E-state index < -0.39 is 28.5 Å². The summed E-state index contributed by atoms with van der Waals surface area (Å²) in [5.74, 6) is -1.36. The maximum atomic E-state index is 12.3. The molecule has 0 aliphatic heterocycles. The van der Waals surface area contributed by atoms with Crippen molar-refractivity contribution in [2.24, 2.45) is 0 Å². The highest BCUT2D eigenvalue weighted by molar-refractivity contribution is 7.89. The summed E-state index contributed by atoms with van der Waals surface area (Å²) in [5.41, 5.74) is 1.49. The first-order valence-corrected chi connectivity index (χ1v) is 9.59. The lowest BCUT2D eigenvalue weighted by Crippen LogP contribution is -2.23. The fourth-order valence-corrected chi connectivity index (χ4v) is 3.15. The first-order valence-electron chi connectivity index (χ1n) is 8.15. The van der Waals surface area contributed by atoms with E-state index in [1.54, 1.807) is 31.2 Å². The predicted molar refractivity (Wildman–Crippen MR) is 102 cm³/mol. The Morgan fingerprint density at radius 3 is 2.36 bits per heavy atom. The van der Waals surface area contributed by atoms with Crippen molar-refractivity contribution in [3.63, 3.8) is 0 Å². The Balaban J connectivity index is 2.06. The number of hydrogen-bond acceptors (Lipinski definition) is 6.